The van der Waals surface area contributed by atoms with Gasteiger partial charge in [0.05, 0.1) is 16.3 Å². The van der Waals surface area contributed by atoms with Crippen LogP contribution in [0.4, 0.5) is 0 Å². The lowest BCUT2D eigenvalue weighted by molar-refractivity contribution is 0.425. The van der Waals surface area contributed by atoms with Crippen molar-refractivity contribution < 1.29 is 4.52 Å². The van der Waals surface area contributed by atoms with Crippen molar-refractivity contribution in [2.45, 2.75) is 29.8 Å². The summed E-state index contributed by atoms with van der Waals surface area (Å²) in [6.07, 6.45) is 5.82. The van der Waals surface area contributed by atoms with E-state index >= 15 is 0 Å². The van der Waals surface area contributed by atoms with Gasteiger partial charge in [0.1, 0.15) is 0 Å². The summed E-state index contributed by atoms with van der Waals surface area (Å²) in [5.74, 6) is 2.42. The van der Waals surface area contributed by atoms with Gasteiger partial charge in [-0.2, -0.15) is 4.98 Å². The van der Waals surface area contributed by atoms with Crippen LogP contribution in [0.2, 0.25) is 5.02 Å². The summed E-state index contributed by atoms with van der Waals surface area (Å²) in [5, 5.41) is 14.3. The molecule has 3 heterocycles. The maximum absolute atomic E-state index is 6.21. The molecule has 1 fully saturated rings. The molecule has 0 spiro atoms. The van der Waals surface area contributed by atoms with Crippen molar-refractivity contribution >= 4 is 23.4 Å². The number of thioether (sulfide) groups is 1. The first-order valence-corrected chi connectivity index (χ1v) is 10.2. The van der Waals surface area contributed by atoms with E-state index in [0.29, 0.717) is 28.5 Å². The normalized spacial score (nSPS) is 13.8. The monoisotopic (exact) mass is 410 g/mol. The lowest BCUT2D eigenvalue weighted by atomic mass is 10.2. The zero-order chi connectivity index (χ0) is 18.9. The first kappa shape index (κ1) is 17.4. The van der Waals surface area contributed by atoms with Crippen molar-refractivity contribution in [1.29, 1.82) is 0 Å². The molecule has 0 saturated heterocycles. The third kappa shape index (κ3) is 3.41. The summed E-state index contributed by atoms with van der Waals surface area (Å²) in [7, 11) is 0. The molecule has 1 aliphatic rings. The van der Waals surface area contributed by atoms with Gasteiger partial charge in [-0.25, -0.2) is 0 Å². The van der Waals surface area contributed by atoms with Crippen LogP contribution >= 0.6 is 23.4 Å². The Morgan fingerprint density at radius 2 is 1.93 bits per heavy atom. The first-order chi connectivity index (χ1) is 13.8. The lowest BCUT2D eigenvalue weighted by Gasteiger charge is -2.07. The summed E-state index contributed by atoms with van der Waals surface area (Å²) in [5.41, 5.74) is 1.75. The van der Waals surface area contributed by atoms with E-state index in [1.807, 2.05) is 30.3 Å². The molecule has 0 aliphatic heterocycles. The number of pyridine rings is 1. The van der Waals surface area contributed by atoms with Gasteiger partial charge in [-0.05, 0) is 37.1 Å². The molecule has 9 heteroatoms. The molecule has 0 atom stereocenters. The Hall–Kier alpha value is -2.71. The fraction of sp³-hybridized carbons (Fsp3) is 0.211. The first-order valence-electron chi connectivity index (χ1n) is 8.85. The number of aromatic nitrogens is 6. The van der Waals surface area contributed by atoms with E-state index in [2.05, 4.69) is 29.9 Å². The van der Waals surface area contributed by atoms with Crippen LogP contribution in [0.5, 0.6) is 0 Å². The van der Waals surface area contributed by atoms with Crippen LogP contribution in [0, 0.1) is 0 Å². The quantitative estimate of drug-likeness (QED) is 0.427. The van der Waals surface area contributed by atoms with Gasteiger partial charge in [0, 0.05) is 24.0 Å². The highest BCUT2D eigenvalue weighted by Gasteiger charge is 2.30. The van der Waals surface area contributed by atoms with Crippen molar-refractivity contribution in [2.75, 3.05) is 0 Å². The molecule has 7 nitrogen and oxygen atoms in total. The number of hydrogen-bond donors (Lipinski definition) is 0. The summed E-state index contributed by atoms with van der Waals surface area (Å²) in [6, 6.07) is 11.8. The average Bonchev–Trinajstić information content (AvgIpc) is 3.30. The molecule has 28 heavy (non-hydrogen) atoms. The SMILES string of the molecule is Clc1ccccc1-c1nc(CSc2nnc(-c3ccncc3)n2C2CC2)no1. The minimum atomic E-state index is 0.419. The molecule has 0 N–H and O–H groups in total. The van der Waals surface area contributed by atoms with Crippen LogP contribution in [0.25, 0.3) is 22.8 Å². The second kappa shape index (κ2) is 7.37. The molecule has 5 rings (SSSR count). The van der Waals surface area contributed by atoms with Crippen LogP contribution in [0.3, 0.4) is 0 Å². The third-order valence-corrected chi connectivity index (χ3v) is 5.69. The molecule has 1 saturated carbocycles. The molecular formula is C19H15ClN6OS. The molecular weight excluding hydrogens is 396 g/mol. The van der Waals surface area contributed by atoms with Crippen LogP contribution in [0.1, 0.15) is 24.7 Å². The average molecular weight is 411 g/mol. The minimum Gasteiger partial charge on any atom is -0.334 e. The van der Waals surface area contributed by atoms with E-state index in [1.165, 1.54) is 0 Å². The van der Waals surface area contributed by atoms with Gasteiger partial charge in [0.2, 0.25) is 0 Å². The Morgan fingerprint density at radius 1 is 1.11 bits per heavy atom. The molecule has 0 bridgehead atoms. The largest absolute Gasteiger partial charge is 0.334 e. The maximum atomic E-state index is 6.21. The van der Waals surface area contributed by atoms with Gasteiger partial charge in [0.15, 0.2) is 16.8 Å². The van der Waals surface area contributed by atoms with Gasteiger partial charge in [-0.3, -0.25) is 9.55 Å². The fourth-order valence-electron chi connectivity index (χ4n) is 2.92. The Kier molecular flexibility index (Phi) is 4.58. The molecule has 1 aliphatic carbocycles. The summed E-state index contributed by atoms with van der Waals surface area (Å²) in [6.45, 7) is 0. The summed E-state index contributed by atoms with van der Waals surface area (Å²) < 4.78 is 7.58. The number of nitrogens with zero attached hydrogens (tertiary/aromatic N) is 6. The smallest absolute Gasteiger partial charge is 0.259 e. The zero-order valence-corrected chi connectivity index (χ0v) is 16.3. The van der Waals surface area contributed by atoms with Crippen molar-refractivity contribution in [3.05, 3.63) is 59.6 Å². The second-order valence-electron chi connectivity index (χ2n) is 6.43. The van der Waals surface area contributed by atoms with Crippen molar-refractivity contribution in [2.24, 2.45) is 0 Å². The topological polar surface area (TPSA) is 82.5 Å². The Balaban J connectivity index is 1.37. The highest BCUT2D eigenvalue weighted by atomic mass is 35.5. The van der Waals surface area contributed by atoms with Crippen LogP contribution in [-0.4, -0.2) is 29.9 Å². The Labute approximate surface area is 170 Å². The maximum Gasteiger partial charge on any atom is 0.259 e. The second-order valence-corrected chi connectivity index (χ2v) is 7.78. The molecule has 3 aromatic heterocycles. The van der Waals surface area contributed by atoms with Crippen molar-refractivity contribution in [1.82, 2.24) is 29.9 Å². The minimum absolute atomic E-state index is 0.419. The van der Waals surface area contributed by atoms with Crippen molar-refractivity contribution in [3.63, 3.8) is 0 Å². The van der Waals surface area contributed by atoms with Crippen LogP contribution in [0.15, 0.2) is 58.5 Å². The summed E-state index contributed by atoms with van der Waals surface area (Å²) in [4.78, 5) is 8.54. The van der Waals surface area contributed by atoms with Crippen molar-refractivity contribution in [3.8, 4) is 22.8 Å². The Morgan fingerprint density at radius 3 is 2.71 bits per heavy atom. The van der Waals surface area contributed by atoms with Gasteiger partial charge in [0.25, 0.3) is 5.89 Å². The molecule has 1 aromatic carbocycles. The highest BCUT2D eigenvalue weighted by molar-refractivity contribution is 7.98. The molecule has 4 aromatic rings. The predicted octanol–water partition coefficient (Wildman–Crippen LogP) is 4.67. The summed E-state index contributed by atoms with van der Waals surface area (Å²) >= 11 is 7.76. The molecule has 0 unspecified atom stereocenters. The van der Waals surface area contributed by atoms with Gasteiger partial charge in [-0.15, -0.1) is 10.2 Å². The zero-order valence-electron chi connectivity index (χ0n) is 14.7. The molecule has 140 valence electrons. The molecule has 0 amide bonds. The standard InChI is InChI=1S/C19H15ClN6OS/c20-15-4-2-1-3-14(15)18-22-16(25-27-18)11-28-19-24-23-17(26(19)13-5-6-13)12-7-9-21-10-8-12/h1-4,7-10,13H,5-6,11H2. The number of hydrogen-bond acceptors (Lipinski definition) is 7. The van der Waals surface area contributed by atoms with E-state index in [4.69, 9.17) is 16.1 Å². The van der Waals surface area contributed by atoms with E-state index in [-0.39, 0.29) is 0 Å². The fourth-order valence-corrected chi connectivity index (χ4v) is 3.99. The van der Waals surface area contributed by atoms with Crippen LogP contribution < -0.4 is 0 Å². The Bertz CT molecular complexity index is 1110. The number of benzene rings is 1. The third-order valence-electron chi connectivity index (χ3n) is 4.42. The van der Waals surface area contributed by atoms with E-state index in [9.17, 15) is 0 Å². The van der Waals surface area contributed by atoms with E-state index in [0.717, 1.165) is 34.9 Å². The lowest BCUT2D eigenvalue weighted by Crippen LogP contribution is -2.00. The van der Waals surface area contributed by atoms with E-state index < -0.39 is 0 Å². The highest BCUT2D eigenvalue weighted by Crippen LogP contribution is 2.41. The van der Waals surface area contributed by atoms with Gasteiger partial charge in [-0.1, -0.05) is 40.7 Å². The van der Waals surface area contributed by atoms with Crippen LogP contribution in [-0.2, 0) is 5.75 Å². The number of halogens is 1. The molecule has 0 radical (unpaired) electrons. The van der Waals surface area contributed by atoms with Gasteiger partial charge >= 0.3 is 0 Å². The van der Waals surface area contributed by atoms with Gasteiger partial charge < -0.3 is 4.52 Å². The van der Waals surface area contributed by atoms with E-state index in [1.54, 1.807) is 30.2 Å². The number of rotatable bonds is 6. The predicted molar refractivity (Wildman–Crippen MR) is 106 cm³/mol.